The average molecular weight is 344 g/mol. The van der Waals surface area contributed by atoms with Crippen molar-refractivity contribution in [2.45, 2.75) is 45.3 Å². The molecule has 0 unspecified atom stereocenters. The predicted octanol–water partition coefficient (Wildman–Crippen LogP) is 4.21. The zero-order chi connectivity index (χ0) is 17.4. The molecule has 0 aliphatic heterocycles. The Kier molecular flexibility index (Phi) is 7.13. The van der Waals surface area contributed by atoms with Gasteiger partial charge in [0.1, 0.15) is 0 Å². The smallest absolute Gasteiger partial charge is 0.191 e. The van der Waals surface area contributed by atoms with Gasteiger partial charge in [-0.15, -0.1) is 10.2 Å². The van der Waals surface area contributed by atoms with Crippen LogP contribution in [0.1, 0.15) is 33.6 Å². The number of benzene rings is 1. The minimum Gasteiger partial charge on any atom is -0.372 e. The molecule has 1 aromatic carbocycles. The molecule has 128 valence electrons. The monoisotopic (exact) mass is 343 g/mol. The van der Waals surface area contributed by atoms with Gasteiger partial charge < -0.3 is 9.47 Å². The summed E-state index contributed by atoms with van der Waals surface area (Å²) < 4.78 is 2.14. The molecule has 0 bridgehead atoms. The van der Waals surface area contributed by atoms with E-state index in [9.17, 15) is 0 Å². The van der Waals surface area contributed by atoms with E-state index in [0.29, 0.717) is 6.42 Å². The summed E-state index contributed by atoms with van der Waals surface area (Å²) in [5, 5.41) is 18.3. The third-order valence-corrected chi connectivity index (χ3v) is 5.00. The summed E-state index contributed by atoms with van der Waals surface area (Å²) in [5.74, 6) is 1.80. The lowest BCUT2D eigenvalue weighted by atomic mass is 10.2. The summed E-state index contributed by atoms with van der Waals surface area (Å²) in [6.45, 7) is 9.29. The molecule has 0 saturated heterocycles. The molecule has 5 nitrogen and oxygen atoms in total. The molecule has 6 heteroatoms. The van der Waals surface area contributed by atoms with Gasteiger partial charge >= 0.3 is 0 Å². The van der Waals surface area contributed by atoms with E-state index in [0.717, 1.165) is 48.4 Å². The van der Waals surface area contributed by atoms with Crippen LogP contribution in [0.25, 0.3) is 11.4 Å². The van der Waals surface area contributed by atoms with Crippen LogP contribution in [-0.4, -0.2) is 33.6 Å². The van der Waals surface area contributed by atoms with Gasteiger partial charge in [0.2, 0.25) is 0 Å². The second kappa shape index (κ2) is 9.33. The van der Waals surface area contributed by atoms with Crippen molar-refractivity contribution in [3.8, 4) is 17.5 Å². The highest BCUT2D eigenvalue weighted by Crippen LogP contribution is 2.26. The minimum atomic E-state index is 0.590. The highest BCUT2D eigenvalue weighted by Gasteiger charge is 2.13. The normalized spacial score (nSPS) is 10.6. The Bertz CT molecular complexity index is 668. The first-order valence-electron chi connectivity index (χ1n) is 8.53. The Balaban J connectivity index is 2.16. The number of hydrogen-bond acceptors (Lipinski definition) is 5. The van der Waals surface area contributed by atoms with E-state index < -0.39 is 0 Å². The molecule has 0 amide bonds. The number of aromatic nitrogens is 3. The van der Waals surface area contributed by atoms with Crippen LogP contribution in [0.15, 0.2) is 29.4 Å². The quantitative estimate of drug-likeness (QED) is 0.504. The van der Waals surface area contributed by atoms with Gasteiger partial charge in [0.05, 0.1) is 6.07 Å². The number of rotatable bonds is 9. The van der Waals surface area contributed by atoms with Gasteiger partial charge in [-0.05, 0) is 51.5 Å². The molecular weight excluding hydrogens is 318 g/mol. The first kappa shape index (κ1) is 18.3. The molecule has 0 radical (unpaired) electrons. The number of unbranched alkanes of at least 4 members (excludes halogenated alkanes) is 1. The van der Waals surface area contributed by atoms with Crippen molar-refractivity contribution in [2.75, 3.05) is 23.7 Å². The summed E-state index contributed by atoms with van der Waals surface area (Å²) in [4.78, 5) is 2.32. The lowest BCUT2D eigenvalue weighted by Crippen LogP contribution is -2.21. The van der Waals surface area contributed by atoms with Gasteiger partial charge in [-0.2, -0.15) is 5.26 Å². The molecule has 0 fully saturated rings. The van der Waals surface area contributed by atoms with E-state index in [4.69, 9.17) is 5.26 Å². The molecular formula is C18H25N5S. The standard InChI is InChI=1S/C18H25N5S/c1-4-22(5-2)16-11-9-15(10-12-16)17-20-21-18(23(17)6-3)24-14-8-7-13-19/h9-12H,4-8,14H2,1-3H3. The number of nitriles is 1. The second-order valence-corrected chi connectivity index (χ2v) is 6.44. The highest BCUT2D eigenvalue weighted by molar-refractivity contribution is 7.99. The topological polar surface area (TPSA) is 57.7 Å². The molecule has 24 heavy (non-hydrogen) atoms. The Morgan fingerprint density at radius 1 is 1.12 bits per heavy atom. The molecule has 0 aliphatic carbocycles. The zero-order valence-corrected chi connectivity index (χ0v) is 15.5. The lowest BCUT2D eigenvalue weighted by Gasteiger charge is -2.21. The zero-order valence-electron chi connectivity index (χ0n) is 14.7. The third kappa shape index (κ3) is 4.30. The average Bonchev–Trinajstić information content (AvgIpc) is 3.03. The minimum absolute atomic E-state index is 0.590. The molecule has 0 N–H and O–H groups in total. The first-order valence-corrected chi connectivity index (χ1v) is 9.51. The maximum absolute atomic E-state index is 8.62. The summed E-state index contributed by atoms with van der Waals surface area (Å²) in [6.07, 6.45) is 1.47. The maximum Gasteiger partial charge on any atom is 0.191 e. The van der Waals surface area contributed by atoms with E-state index in [1.54, 1.807) is 11.8 Å². The summed E-state index contributed by atoms with van der Waals surface area (Å²) in [7, 11) is 0. The molecule has 2 rings (SSSR count). The number of hydrogen-bond donors (Lipinski definition) is 0. The third-order valence-electron chi connectivity index (χ3n) is 3.95. The van der Waals surface area contributed by atoms with Crippen molar-refractivity contribution >= 4 is 17.4 Å². The molecule has 0 saturated carbocycles. The fourth-order valence-electron chi connectivity index (χ4n) is 2.62. The Morgan fingerprint density at radius 3 is 2.42 bits per heavy atom. The largest absolute Gasteiger partial charge is 0.372 e. The van der Waals surface area contributed by atoms with E-state index in [-0.39, 0.29) is 0 Å². The van der Waals surface area contributed by atoms with Gasteiger partial charge in [-0.25, -0.2) is 0 Å². The van der Waals surface area contributed by atoms with Crippen molar-refractivity contribution in [1.82, 2.24) is 14.8 Å². The van der Waals surface area contributed by atoms with E-state index in [1.165, 1.54) is 5.69 Å². The van der Waals surface area contributed by atoms with Crippen LogP contribution < -0.4 is 4.90 Å². The fraction of sp³-hybridized carbons (Fsp3) is 0.500. The van der Waals surface area contributed by atoms with Gasteiger partial charge in [0.15, 0.2) is 11.0 Å². The van der Waals surface area contributed by atoms with Gasteiger partial charge in [0.25, 0.3) is 0 Å². The van der Waals surface area contributed by atoms with Crippen LogP contribution >= 0.6 is 11.8 Å². The van der Waals surface area contributed by atoms with Gasteiger partial charge in [-0.1, -0.05) is 11.8 Å². The van der Waals surface area contributed by atoms with Crippen molar-refractivity contribution in [2.24, 2.45) is 0 Å². The lowest BCUT2D eigenvalue weighted by molar-refractivity contribution is 0.687. The number of nitrogens with zero attached hydrogens (tertiary/aromatic N) is 5. The molecule has 0 atom stereocenters. The number of anilines is 1. The molecule has 0 spiro atoms. The molecule has 1 aromatic heterocycles. The summed E-state index contributed by atoms with van der Waals surface area (Å²) in [5.41, 5.74) is 2.32. The van der Waals surface area contributed by atoms with E-state index in [2.05, 4.69) is 70.8 Å². The predicted molar refractivity (Wildman–Crippen MR) is 100 cm³/mol. The summed E-state index contributed by atoms with van der Waals surface area (Å²) in [6, 6.07) is 10.7. The van der Waals surface area contributed by atoms with E-state index >= 15 is 0 Å². The fourth-order valence-corrected chi connectivity index (χ4v) is 3.56. The maximum atomic E-state index is 8.62. The molecule has 1 heterocycles. The van der Waals surface area contributed by atoms with Crippen molar-refractivity contribution < 1.29 is 0 Å². The van der Waals surface area contributed by atoms with Crippen molar-refractivity contribution in [3.05, 3.63) is 24.3 Å². The van der Waals surface area contributed by atoms with Crippen molar-refractivity contribution in [1.29, 1.82) is 5.26 Å². The van der Waals surface area contributed by atoms with Crippen LogP contribution in [-0.2, 0) is 6.54 Å². The van der Waals surface area contributed by atoms with Crippen LogP contribution in [0, 0.1) is 11.3 Å². The molecule has 0 aliphatic rings. The van der Waals surface area contributed by atoms with Crippen LogP contribution in [0.5, 0.6) is 0 Å². The summed E-state index contributed by atoms with van der Waals surface area (Å²) >= 11 is 1.67. The van der Waals surface area contributed by atoms with E-state index in [1.807, 2.05) is 0 Å². The Morgan fingerprint density at radius 2 is 1.83 bits per heavy atom. The molecule has 2 aromatic rings. The van der Waals surface area contributed by atoms with Crippen molar-refractivity contribution in [3.63, 3.8) is 0 Å². The van der Waals surface area contributed by atoms with Crippen LogP contribution in [0.4, 0.5) is 5.69 Å². The SMILES string of the molecule is CCN(CC)c1ccc(-c2nnc(SCCCC#N)n2CC)cc1. The first-order chi connectivity index (χ1) is 11.7. The Hall–Kier alpha value is -2.00. The van der Waals surface area contributed by atoms with Gasteiger partial charge in [-0.3, -0.25) is 0 Å². The second-order valence-electron chi connectivity index (χ2n) is 5.38. The van der Waals surface area contributed by atoms with Gasteiger partial charge in [0, 0.05) is 43.1 Å². The van der Waals surface area contributed by atoms with Crippen LogP contribution in [0.2, 0.25) is 0 Å². The highest BCUT2D eigenvalue weighted by atomic mass is 32.2. The Labute approximate surface area is 148 Å². The van der Waals surface area contributed by atoms with Crippen LogP contribution in [0.3, 0.4) is 0 Å². The number of thioether (sulfide) groups is 1.